The largest absolute Gasteiger partial charge is 0.356 e. The van der Waals surface area contributed by atoms with Crippen LogP contribution in [-0.2, 0) is 16.6 Å². The van der Waals surface area contributed by atoms with E-state index in [2.05, 4.69) is 10.4 Å². The maximum Gasteiger partial charge on any atom is 0.247 e. The number of nitrogens with zero attached hydrogens (tertiary/aromatic N) is 4. The number of carbonyl (C=O) groups is 2. The van der Waals surface area contributed by atoms with E-state index in [0.717, 1.165) is 5.82 Å². The van der Waals surface area contributed by atoms with Crippen LogP contribution in [0.4, 0.5) is 5.82 Å². The first-order valence-electron chi connectivity index (χ1n) is 8.51. The molecule has 0 bridgehead atoms. The molecule has 2 amide bonds. The number of nitrogens with one attached hydrogen (secondary N) is 1. The van der Waals surface area contributed by atoms with Crippen LogP contribution in [0.5, 0.6) is 0 Å². The van der Waals surface area contributed by atoms with Crippen molar-refractivity contribution in [1.29, 1.82) is 0 Å². The van der Waals surface area contributed by atoms with Crippen molar-refractivity contribution in [3.05, 3.63) is 12.3 Å². The van der Waals surface area contributed by atoms with Crippen LogP contribution >= 0.6 is 0 Å². The molecule has 0 unspecified atom stereocenters. The van der Waals surface area contributed by atoms with Crippen LogP contribution in [0.1, 0.15) is 33.1 Å². The third-order valence-electron chi connectivity index (χ3n) is 4.56. The van der Waals surface area contributed by atoms with Gasteiger partial charge in [-0.05, 0) is 18.8 Å². The molecule has 0 saturated carbocycles. The highest BCUT2D eigenvalue weighted by Crippen LogP contribution is 2.29. The number of anilines is 1. The van der Waals surface area contributed by atoms with Gasteiger partial charge in [-0.3, -0.25) is 14.3 Å². The highest BCUT2D eigenvalue weighted by molar-refractivity contribution is 5.89. The zero-order valence-corrected chi connectivity index (χ0v) is 15.4. The Morgan fingerprint density at radius 3 is 2.42 bits per heavy atom. The lowest BCUT2D eigenvalue weighted by atomic mass is 9.85. The molecule has 1 aliphatic rings. The molecule has 134 valence electrons. The molecule has 1 fully saturated rings. The molecule has 2 heterocycles. The van der Waals surface area contributed by atoms with Crippen LogP contribution in [0.25, 0.3) is 0 Å². The number of aromatic nitrogens is 2. The topological polar surface area (TPSA) is 70.5 Å². The highest BCUT2D eigenvalue weighted by atomic mass is 16.2. The van der Waals surface area contributed by atoms with Gasteiger partial charge in [-0.25, -0.2) is 0 Å². The van der Waals surface area contributed by atoms with E-state index in [-0.39, 0.29) is 11.8 Å². The summed E-state index contributed by atoms with van der Waals surface area (Å²) in [7, 11) is 5.38. The Morgan fingerprint density at radius 1 is 1.33 bits per heavy atom. The second-order valence-corrected chi connectivity index (χ2v) is 7.23. The minimum Gasteiger partial charge on any atom is -0.356 e. The van der Waals surface area contributed by atoms with Gasteiger partial charge in [-0.15, -0.1) is 0 Å². The molecule has 7 nitrogen and oxygen atoms in total. The third kappa shape index (κ3) is 3.88. The van der Waals surface area contributed by atoms with Crippen LogP contribution in [0.2, 0.25) is 0 Å². The zero-order valence-electron chi connectivity index (χ0n) is 15.4. The number of hydrogen-bond acceptors (Lipinski definition) is 4. The predicted octanol–water partition coefficient (Wildman–Crippen LogP) is 1.33. The zero-order chi connectivity index (χ0) is 17.9. The number of amides is 2. The summed E-state index contributed by atoms with van der Waals surface area (Å²) in [5.41, 5.74) is -0.689. The first-order valence-corrected chi connectivity index (χ1v) is 8.51. The standard InChI is InChI=1S/C17H29N5O2/c1-13(2)12-15(23)22-10-7-17(8-11-22,16(24)20(3)4)19-14-6-9-18-21(14)5/h6,9,13,19H,7-8,10-12H2,1-5H3. The Kier molecular flexibility index (Phi) is 5.51. The molecule has 0 radical (unpaired) electrons. The Morgan fingerprint density at radius 2 is 1.96 bits per heavy atom. The van der Waals surface area contributed by atoms with Gasteiger partial charge in [0.1, 0.15) is 11.4 Å². The summed E-state index contributed by atoms with van der Waals surface area (Å²) in [4.78, 5) is 28.6. The summed E-state index contributed by atoms with van der Waals surface area (Å²) >= 11 is 0. The Balaban J connectivity index is 2.14. The second kappa shape index (κ2) is 7.23. The van der Waals surface area contributed by atoms with E-state index in [4.69, 9.17) is 0 Å². The Bertz CT molecular complexity index is 586. The number of likely N-dealkylation sites (N-methyl/N-ethyl adjacent to an activating group) is 1. The van der Waals surface area contributed by atoms with Gasteiger partial charge in [0, 0.05) is 46.7 Å². The summed E-state index contributed by atoms with van der Waals surface area (Å²) in [6, 6.07) is 1.86. The number of carbonyl (C=O) groups excluding carboxylic acids is 2. The molecule has 1 N–H and O–H groups in total. The molecule has 7 heteroatoms. The molecular weight excluding hydrogens is 306 g/mol. The lowest BCUT2D eigenvalue weighted by Gasteiger charge is -2.42. The summed E-state index contributed by atoms with van der Waals surface area (Å²) in [6.07, 6.45) is 3.46. The number of aryl methyl sites for hydroxylation is 1. The first kappa shape index (κ1) is 18.3. The van der Waals surface area contributed by atoms with Crippen LogP contribution < -0.4 is 5.32 Å². The van der Waals surface area contributed by atoms with Gasteiger partial charge in [0.2, 0.25) is 11.8 Å². The normalized spacial score (nSPS) is 17.0. The minimum absolute atomic E-state index is 0.0414. The van der Waals surface area contributed by atoms with Gasteiger partial charge in [0.15, 0.2) is 0 Å². The lowest BCUT2D eigenvalue weighted by molar-refractivity contribution is -0.140. The van der Waals surface area contributed by atoms with Gasteiger partial charge in [-0.2, -0.15) is 5.10 Å². The van der Waals surface area contributed by atoms with E-state index in [1.54, 1.807) is 29.9 Å². The monoisotopic (exact) mass is 335 g/mol. The highest BCUT2D eigenvalue weighted by Gasteiger charge is 2.43. The van der Waals surface area contributed by atoms with E-state index in [0.29, 0.717) is 38.3 Å². The molecule has 24 heavy (non-hydrogen) atoms. The van der Waals surface area contributed by atoms with Crippen LogP contribution in [0.15, 0.2) is 12.3 Å². The van der Waals surface area contributed by atoms with E-state index in [1.807, 2.05) is 31.9 Å². The minimum atomic E-state index is -0.689. The van der Waals surface area contributed by atoms with Crippen LogP contribution in [0, 0.1) is 5.92 Å². The van der Waals surface area contributed by atoms with Gasteiger partial charge in [-0.1, -0.05) is 13.8 Å². The molecule has 1 aromatic rings. The first-order chi connectivity index (χ1) is 11.2. The maximum absolute atomic E-state index is 12.8. The van der Waals surface area contributed by atoms with Crippen molar-refractivity contribution in [2.45, 2.75) is 38.6 Å². The molecule has 0 aromatic carbocycles. The number of piperidine rings is 1. The van der Waals surface area contributed by atoms with E-state index >= 15 is 0 Å². The fourth-order valence-corrected chi connectivity index (χ4v) is 3.18. The van der Waals surface area contributed by atoms with E-state index in [1.165, 1.54) is 0 Å². The number of likely N-dealkylation sites (tertiary alicyclic amines) is 1. The summed E-state index contributed by atoms with van der Waals surface area (Å²) in [5.74, 6) is 1.38. The Hall–Kier alpha value is -2.05. The second-order valence-electron chi connectivity index (χ2n) is 7.23. The fraction of sp³-hybridized carbons (Fsp3) is 0.706. The van der Waals surface area contributed by atoms with E-state index < -0.39 is 5.54 Å². The van der Waals surface area contributed by atoms with Crippen molar-refractivity contribution in [3.8, 4) is 0 Å². The van der Waals surface area contributed by atoms with Crippen molar-refractivity contribution in [1.82, 2.24) is 19.6 Å². The molecular formula is C17H29N5O2. The quantitative estimate of drug-likeness (QED) is 0.881. The van der Waals surface area contributed by atoms with Crippen molar-refractivity contribution in [2.24, 2.45) is 13.0 Å². The molecule has 2 rings (SSSR count). The van der Waals surface area contributed by atoms with Crippen LogP contribution in [-0.4, -0.2) is 64.1 Å². The smallest absolute Gasteiger partial charge is 0.247 e. The van der Waals surface area contributed by atoms with Gasteiger partial charge < -0.3 is 15.1 Å². The van der Waals surface area contributed by atoms with Gasteiger partial charge >= 0.3 is 0 Å². The van der Waals surface area contributed by atoms with E-state index in [9.17, 15) is 9.59 Å². The molecule has 1 aliphatic heterocycles. The van der Waals surface area contributed by atoms with Crippen LogP contribution in [0.3, 0.4) is 0 Å². The summed E-state index contributed by atoms with van der Waals surface area (Å²) in [5, 5.41) is 7.55. The summed E-state index contributed by atoms with van der Waals surface area (Å²) < 4.78 is 1.72. The molecule has 1 aromatic heterocycles. The van der Waals surface area contributed by atoms with Crippen molar-refractivity contribution in [2.75, 3.05) is 32.5 Å². The van der Waals surface area contributed by atoms with Crippen molar-refractivity contribution in [3.63, 3.8) is 0 Å². The predicted molar refractivity (Wildman–Crippen MR) is 93.5 cm³/mol. The Labute approximate surface area is 144 Å². The average Bonchev–Trinajstić information content (AvgIpc) is 2.91. The van der Waals surface area contributed by atoms with Gasteiger partial charge in [0.25, 0.3) is 0 Å². The number of rotatable bonds is 5. The maximum atomic E-state index is 12.8. The molecule has 0 atom stereocenters. The third-order valence-corrected chi connectivity index (χ3v) is 4.56. The summed E-state index contributed by atoms with van der Waals surface area (Å²) in [6.45, 7) is 5.28. The molecule has 1 saturated heterocycles. The van der Waals surface area contributed by atoms with Gasteiger partial charge in [0.05, 0.1) is 6.20 Å². The lowest BCUT2D eigenvalue weighted by Crippen LogP contribution is -2.59. The van der Waals surface area contributed by atoms with Crippen molar-refractivity contribution >= 4 is 17.6 Å². The van der Waals surface area contributed by atoms with Crippen molar-refractivity contribution < 1.29 is 9.59 Å². The number of hydrogen-bond donors (Lipinski definition) is 1. The SMILES string of the molecule is CC(C)CC(=O)N1CCC(Nc2ccnn2C)(C(=O)N(C)C)CC1. The molecule has 0 aliphatic carbocycles. The fourth-order valence-electron chi connectivity index (χ4n) is 3.18. The molecule has 0 spiro atoms. The average molecular weight is 335 g/mol.